The lowest BCUT2D eigenvalue weighted by atomic mass is 9.78. The third-order valence-corrected chi connectivity index (χ3v) is 9.50. The summed E-state index contributed by atoms with van der Waals surface area (Å²) in [6.45, 7) is 8.67. The molecule has 6 aromatic rings. The van der Waals surface area contributed by atoms with Crippen molar-refractivity contribution < 1.29 is 27.5 Å². The van der Waals surface area contributed by atoms with Gasteiger partial charge in [-0.25, -0.2) is 13.8 Å². The number of hydrogen-bond acceptors (Lipinski definition) is 7. The van der Waals surface area contributed by atoms with Crippen LogP contribution < -0.4 is 15.8 Å². The van der Waals surface area contributed by atoms with Crippen LogP contribution in [-0.4, -0.2) is 26.6 Å². The Labute approximate surface area is 279 Å². The minimum Gasteiger partial charge on any atom is -0.486 e. The quantitative estimate of drug-likeness (QED) is 0.143. The third-order valence-electron chi connectivity index (χ3n) is 8.40. The van der Waals surface area contributed by atoms with Crippen molar-refractivity contribution in [3.63, 3.8) is 0 Å². The Kier molecular flexibility index (Phi) is 8.85. The second-order valence-corrected chi connectivity index (χ2v) is 12.7. The number of nitrogens with two attached hydrogens (primary N) is 1. The fourth-order valence-electron chi connectivity index (χ4n) is 5.66. The first-order chi connectivity index (χ1) is 23.0. The number of carbonyl (C=O) groups is 2. The van der Waals surface area contributed by atoms with Gasteiger partial charge in [-0.2, -0.15) is 5.10 Å². The second kappa shape index (κ2) is 13.0. The summed E-state index contributed by atoms with van der Waals surface area (Å²) in [7, 11) is 0. The van der Waals surface area contributed by atoms with E-state index in [2.05, 4.69) is 41.4 Å². The molecule has 2 amide bonds. The van der Waals surface area contributed by atoms with Crippen molar-refractivity contribution in [2.75, 3.05) is 5.32 Å². The van der Waals surface area contributed by atoms with E-state index in [-0.39, 0.29) is 33.2 Å². The number of ether oxygens (including phenoxy) is 1. The number of pyridine rings is 1. The molecule has 0 saturated carbocycles. The number of rotatable bonds is 11. The van der Waals surface area contributed by atoms with Crippen molar-refractivity contribution in [1.29, 1.82) is 0 Å². The van der Waals surface area contributed by atoms with E-state index < -0.39 is 23.9 Å². The molecule has 0 bridgehead atoms. The predicted molar refractivity (Wildman–Crippen MR) is 181 cm³/mol. The van der Waals surface area contributed by atoms with E-state index >= 15 is 0 Å². The molecule has 0 aliphatic carbocycles. The first kappa shape index (κ1) is 32.6. The smallest absolute Gasteiger partial charge is 0.291 e. The minimum atomic E-state index is -2.87. The number of hydrogen-bond donors (Lipinski definition) is 2. The monoisotopic (exact) mass is 669 g/mol. The summed E-state index contributed by atoms with van der Waals surface area (Å²) < 4.78 is 41.2. The van der Waals surface area contributed by atoms with Crippen LogP contribution in [0.3, 0.4) is 0 Å². The largest absolute Gasteiger partial charge is 0.486 e. The van der Waals surface area contributed by atoms with Crippen molar-refractivity contribution in [1.82, 2.24) is 14.8 Å². The van der Waals surface area contributed by atoms with Gasteiger partial charge in [0.15, 0.2) is 5.76 Å². The molecular weight excluding hydrogens is 636 g/mol. The fourth-order valence-corrected chi connectivity index (χ4v) is 6.67. The number of anilines is 1. The Hall–Kier alpha value is -5.36. The van der Waals surface area contributed by atoms with E-state index in [1.807, 2.05) is 56.3 Å². The maximum Gasteiger partial charge on any atom is 0.291 e. The number of nitrogens with one attached hydrogen (secondary N) is 1. The zero-order chi connectivity index (χ0) is 34.2. The van der Waals surface area contributed by atoms with Gasteiger partial charge in [0, 0.05) is 28.6 Å². The van der Waals surface area contributed by atoms with Crippen molar-refractivity contribution in [3.05, 3.63) is 118 Å². The van der Waals surface area contributed by atoms with Gasteiger partial charge >= 0.3 is 0 Å². The highest BCUT2D eigenvalue weighted by atomic mass is 32.1. The van der Waals surface area contributed by atoms with Crippen LogP contribution in [0.4, 0.5) is 14.5 Å². The Morgan fingerprint density at radius 3 is 2.40 bits per heavy atom. The molecule has 6 rings (SSSR count). The Morgan fingerprint density at radius 2 is 1.75 bits per heavy atom. The Balaban J connectivity index is 1.24. The molecule has 2 aromatic carbocycles. The maximum absolute atomic E-state index is 13.9. The summed E-state index contributed by atoms with van der Waals surface area (Å²) >= 11 is 0.828. The number of nitrogens with zero attached hydrogens (tertiary/aromatic N) is 3. The molecule has 4 heterocycles. The van der Waals surface area contributed by atoms with E-state index in [9.17, 15) is 18.4 Å². The molecule has 0 aliphatic rings. The summed E-state index contributed by atoms with van der Waals surface area (Å²) in [5, 5.41) is 7.39. The zero-order valence-electron chi connectivity index (χ0n) is 26.7. The number of benzene rings is 2. The average molecular weight is 670 g/mol. The molecular formula is C36H33F2N5O4S. The van der Waals surface area contributed by atoms with Crippen LogP contribution in [0.2, 0.25) is 0 Å². The van der Waals surface area contributed by atoms with E-state index in [1.165, 1.54) is 17.7 Å². The van der Waals surface area contributed by atoms with Gasteiger partial charge < -0.3 is 20.2 Å². The lowest BCUT2D eigenvalue weighted by molar-refractivity contribution is 0.0992. The average Bonchev–Trinajstić information content (AvgIpc) is 3.81. The van der Waals surface area contributed by atoms with Gasteiger partial charge in [-0.3, -0.25) is 14.3 Å². The number of furan rings is 1. The van der Waals surface area contributed by atoms with Gasteiger partial charge in [0.2, 0.25) is 0 Å². The standard InChI is InChI=1S/C36H33F2N5O4S/c1-5-43-20(2)26(18-40-43)25-17-27(32(37)38)41-35-29(25)30(31(48-35)33(39)44)42-34(45)28-16-15-24(47-28)19-46-23-13-11-22(12-14-23)36(3,4)21-9-7-6-8-10-21/h6-18,32H,5,19H2,1-4H3,(H2,39,44)(H,42,45). The van der Waals surface area contributed by atoms with Crippen LogP contribution in [0.25, 0.3) is 21.3 Å². The highest BCUT2D eigenvalue weighted by Gasteiger charge is 2.27. The molecule has 0 saturated heterocycles. The minimum absolute atomic E-state index is 0.0342. The molecule has 0 aliphatic heterocycles. The van der Waals surface area contributed by atoms with Gasteiger partial charge in [0.25, 0.3) is 18.2 Å². The van der Waals surface area contributed by atoms with Crippen molar-refractivity contribution in [3.8, 4) is 16.9 Å². The normalized spacial score (nSPS) is 11.7. The van der Waals surface area contributed by atoms with Crippen LogP contribution in [0, 0.1) is 6.92 Å². The molecule has 0 spiro atoms. The molecule has 246 valence electrons. The summed E-state index contributed by atoms with van der Waals surface area (Å²) in [6, 6.07) is 22.4. The molecule has 0 radical (unpaired) electrons. The Morgan fingerprint density at radius 1 is 1.04 bits per heavy atom. The van der Waals surface area contributed by atoms with Gasteiger partial charge in [0.05, 0.1) is 11.9 Å². The van der Waals surface area contributed by atoms with Gasteiger partial charge in [-0.05, 0) is 60.9 Å². The van der Waals surface area contributed by atoms with E-state index in [1.54, 1.807) is 16.9 Å². The molecule has 0 fully saturated rings. The van der Waals surface area contributed by atoms with Crippen molar-refractivity contribution in [2.45, 2.75) is 52.7 Å². The van der Waals surface area contributed by atoms with Crippen LogP contribution >= 0.6 is 11.3 Å². The number of amides is 2. The van der Waals surface area contributed by atoms with Crippen molar-refractivity contribution in [2.24, 2.45) is 5.73 Å². The first-order valence-electron chi connectivity index (χ1n) is 15.2. The first-order valence-corrected chi connectivity index (χ1v) is 16.1. The number of fused-ring (bicyclic) bond motifs is 1. The molecule has 3 N–H and O–H groups in total. The number of halogens is 2. The van der Waals surface area contributed by atoms with E-state index in [0.717, 1.165) is 22.6 Å². The van der Waals surface area contributed by atoms with Gasteiger partial charge in [-0.1, -0.05) is 56.3 Å². The van der Waals surface area contributed by atoms with Crippen LogP contribution in [-0.2, 0) is 18.6 Å². The highest BCUT2D eigenvalue weighted by molar-refractivity contribution is 7.21. The molecule has 9 nitrogen and oxygen atoms in total. The lowest BCUT2D eigenvalue weighted by Gasteiger charge is -2.26. The molecule has 0 unspecified atom stereocenters. The molecule has 4 aromatic heterocycles. The van der Waals surface area contributed by atoms with Crippen LogP contribution in [0.1, 0.15) is 75.7 Å². The van der Waals surface area contributed by atoms with E-state index in [0.29, 0.717) is 34.6 Å². The summed E-state index contributed by atoms with van der Waals surface area (Å²) in [4.78, 5) is 30.2. The maximum atomic E-state index is 13.9. The molecule has 0 atom stereocenters. The predicted octanol–water partition coefficient (Wildman–Crippen LogP) is 8.27. The fraction of sp³-hybridized carbons (Fsp3) is 0.222. The molecule has 48 heavy (non-hydrogen) atoms. The van der Waals surface area contributed by atoms with E-state index in [4.69, 9.17) is 14.9 Å². The van der Waals surface area contributed by atoms with Crippen LogP contribution in [0.5, 0.6) is 5.75 Å². The number of aromatic nitrogens is 3. The van der Waals surface area contributed by atoms with Gasteiger partial charge in [-0.15, -0.1) is 11.3 Å². The zero-order valence-corrected chi connectivity index (χ0v) is 27.5. The summed E-state index contributed by atoms with van der Waals surface area (Å²) in [5.41, 5.74) is 9.04. The SMILES string of the molecule is CCn1ncc(-c2cc(C(F)F)nc3sc(C(N)=O)c(NC(=O)c4ccc(COc5ccc(C(C)(C)c6ccccc6)cc5)o4)c23)c1C. The number of thiophene rings is 1. The van der Waals surface area contributed by atoms with Gasteiger partial charge in [0.1, 0.15) is 33.5 Å². The summed E-state index contributed by atoms with van der Waals surface area (Å²) in [6.07, 6.45) is -1.30. The number of carbonyl (C=O) groups excluding carboxylic acids is 2. The second-order valence-electron chi connectivity index (χ2n) is 11.7. The molecule has 12 heteroatoms. The topological polar surface area (TPSA) is 125 Å². The third kappa shape index (κ3) is 6.18. The Bertz CT molecular complexity index is 2120. The van der Waals surface area contributed by atoms with Crippen molar-refractivity contribution >= 4 is 39.1 Å². The number of alkyl halides is 2. The highest BCUT2D eigenvalue weighted by Crippen LogP contribution is 2.43. The summed E-state index contributed by atoms with van der Waals surface area (Å²) in [5.74, 6) is -0.528. The number of primary amides is 1. The van der Waals surface area contributed by atoms with Crippen LogP contribution in [0.15, 0.2) is 83.4 Å². The lowest BCUT2D eigenvalue weighted by Crippen LogP contribution is -2.18. The number of aryl methyl sites for hydroxylation is 1.